The second kappa shape index (κ2) is 4.21. The molecule has 1 nitrogen and oxygen atoms in total. The molecule has 0 radical (unpaired) electrons. The third kappa shape index (κ3) is 1.78. The summed E-state index contributed by atoms with van der Waals surface area (Å²) < 4.78 is 0. The summed E-state index contributed by atoms with van der Waals surface area (Å²) in [6.07, 6.45) is 8.59. The van der Waals surface area contributed by atoms with Gasteiger partial charge in [0, 0.05) is 0 Å². The molecule has 1 aromatic carbocycles. The standard InChI is InChI=1S/C15H20O/c16-15(12-6-3-7-12)14-9-8-11-4-1-2-5-13(11)10-14/h8-10,12,15-16H,1-7H2. The number of hydrogen-bond donors (Lipinski definition) is 1. The Hall–Kier alpha value is -0.820. The van der Waals surface area contributed by atoms with Crippen LogP contribution in [0.4, 0.5) is 0 Å². The van der Waals surface area contributed by atoms with Crippen molar-refractivity contribution in [2.24, 2.45) is 5.92 Å². The Balaban J connectivity index is 1.84. The SMILES string of the molecule is OC(c1ccc2c(c1)CCCC2)C1CCC1. The van der Waals surface area contributed by atoms with E-state index in [9.17, 15) is 5.11 Å². The molecule has 3 rings (SSSR count). The lowest BCUT2D eigenvalue weighted by Crippen LogP contribution is -2.20. The molecule has 1 fully saturated rings. The Morgan fingerprint density at radius 2 is 1.75 bits per heavy atom. The number of fused-ring (bicyclic) bond motifs is 1. The Morgan fingerprint density at radius 1 is 1.00 bits per heavy atom. The predicted octanol–water partition coefficient (Wildman–Crippen LogP) is 3.40. The van der Waals surface area contributed by atoms with Gasteiger partial charge in [0.25, 0.3) is 0 Å². The molecule has 0 saturated heterocycles. The molecule has 2 aliphatic carbocycles. The van der Waals surface area contributed by atoms with Gasteiger partial charge in [-0.25, -0.2) is 0 Å². The van der Waals surface area contributed by atoms with Gasteiger partial charge in [-0.05, 0) is 61.1 Å². The van der Waals surface area contributed by atoms with Gasteiger partial charge in [0.15, 0.2) is 0 Å². The molecule has 0 heterocycles. The largest absolute Gasteiger partial charge is 0.388 e. The summed E-state index contributed by atoms with van der Waals surface area (Å²) in [6.45, 7) is 0. The Labute approximate surface area is 97.5 Å². The van der Waals surface area contributed by atoms with Crippen molar-refractivity contribution in [3.05, 3.63) is 34.9 Å². The fraction of sp³-hybridized carbons (Fsp3) is 0.600. The molecular formula is C15H20O. The maximum atomic E-state index is 10.2. The average molecular weight is 216 g/mol. The molecule has 86 valence electrons. The maximum Gasteiger partial charge on any atom is 0.0818 e. The minimum absolute atomic E-state index is 0.207. The lowest BCUT2D eigenvalue weighted by Gasteiger charge is -2.31. The molecule has 0 aliphatic heterocycles. The summed E-state index contributed by atoms with van der Waals surface area (Å²) in [4.78, 5) is 0. The van der Waals surface area contributed by atoms with Crippen molar-refractivity contribution in [2.75, 3.05) is 0 Å². The molecule has 1 aromatic rings. The second-order valence-electron chi connectivity index (χ2n) is 5.37. The van der Waals surface area contributed by atoms with Crippen molar-refractivity contribution < 1.29 is 5.11 Å². The monoisotopic (exact) mass is 216 g/mol. The van der Waals surface area contributed by atoms with Crippen LogP contribution in [0, 0.1) is 5.92 Å². The molecule has 0 amide bonds. The molecule has 1 saturated carbocycles. The van der Waals surface area contributed by atoms with Crippen LogP contribution in [0.2, 0.25) is 0 Å². The van der Waals surface area contributed by atoms with Crippen molar-refractivity contribution in [1.82, 2.24) is 0 Å². The summed E-state index contributed by atoms with van der Waals surface area (Å²) >= 11 is 0. The number of aryl methyl sites for hydroxylation is 2. The molecule has 0 spiro atoms. The highest BCUT2D eigenvalue weighted by molar-refractivity contribution is 5.35. The predicted molar refractivity (Wildman–Crippen MR) is 65.4 cm³/mol. The van der Waals surface area contributed by atoms with Crippen molar-refractivity contribution in [2.45, 2.75) is 51.0 Å². The van der Waals surface area contributed by atoms with E-state index in [2.05, 4.69) is 18.2 Å². The highest BCUT2D eigenvalue weighted by atomic mass is 16.3. The second-order valence-corrected chi connectivity index (χ2v) is 5.37. The first kappa shape index (κ1) is 10.3. The zero-order chi connectivity index (χ0) is 11.0. The van der Waals surface area contributed by atoms with E-state index in [0.717, 1.165) is 5.56 Å². The molecule has 0 bridgehead atoms. The van der Waals surface area contributed by atoms with Gasteiger partial charge in [0.1, 0.15) is 0 Å². The summed E-state index contributed by atoms with van der Waals surface area (Å²) in [6, 6.07) is 6.65. The van der Waals surface area contributed by atoms with E-state index < -0.39 is 0 Å². The lowest BCUT2D eigenvalue weighted by atomic mass is 9.78. The van der Waals surface area contributed by atoms with E-state index >= 15 is 0 Å². The third-order valence-electron chi connectivity index (χ3n) is 4.31. The van der Waals surface area contributed by atoms with Crippen LogP contribution in [0.1, 0.15) is 54.9 Å². The Morgan fingerprint density at radius 3 is 2.44 bits per heavy atom. The molecule has 1 heteroatoms. The van der Waals surface area contributed by atoms with Crippen LogP contribution < -0.4 is 0 Å². The molecule has 1 atom stereocenters. The first-order chi connectivity index (χ1) is 7.84. The third-order valence-corrected chi connectivity index (χ3v) is 4.31. The number of benzene rings is 1. The fourth-order valence-electron chi connectivity index (χ4n) is 2.97. The van der Waals surface area contributed by atoms with E-state index in [4.69, 9.17) is 0 Å². The van der Waals surface area contributed by atoms with Gasteiger partial charge in [-0.1, -0.05) is 24.6 Å². The minimum atomic E-state index is -0.207. The van der Waals surface area contributed by atoms with Crippen molar-refractivity contribution in [3.8, 4) is 0 Å². The molecule has 16 heavy (non-hydrogen) atoms. The Kier molecular flexibility index (Phi) is 2.72. The molecule has 2 aliphatic rings. The fourth-order valence-corrected chi connectivity index (χ4v) is 2.97. The van der Waals surface area contributed by atoms with Crippen molar-refractivity contribution in [3.63, 3.8) is 0 Å². The quantitative estimate of drug-likeness (QED) is 0.803. The number of hydrogen-bond acceptors (Lipinski definition) is 1. The van der Waals surface area contributed by atoms with Crippen LogP contribution in [0.5, 0.6) is 0 Å². The Bertz CT molecular complexity index is 379. The number of aliphatic hydroxyl groups excluding tert-OH is 1. The van der Waals surface area contributed by atoms with E-state index in [1.165, 1.54) is 56.1 Å². The zero-order valence-corrected chi connectivity index (χ0v) is 9.78. The zero-order valence-electron chi connectivity index (χ0n) is 9.78. The highest BCUT2D eigenvalue weighted by Crippen LogP contribution is 2.38. The van der Waals surface area contributed by atoms with Crippen molar-refractivity contribution in [1.29, 1.82) is 0 Å². The smallest absolute Gasteiger partial charge is 0.0818 e. The maximum absolute atomic E-state index is 10.2. The van der Waals surface area contributed by atoms with Gasteiger partial charge in [0.2, 0.25) is 0 Å². The van der Waals surface area contributed by atoms with Crippen LogP contribution in [-0.2, 0) is 12.8 Å². The summed E-state index contributed by atoms with van der Waals surface area (Å²) in [7, 11) is 0. The molecule has 1 unspecified atom stereocenters. The average Bonchev–Trinajstić information content (AvgIpc) is 2.26. The summed E-state index contributed by atoms with van der Waals surface area (Å²) in [5, 5.41) is 10.2. The van der Waals surface area contributed by atoms with E-state index in [1.807, 2.05) is 0 Å². The minimum Gasteiger partial charge on any atom is -0.388 e. The van der Waals surface area contributed by atoms with E-state index in [-0.39, 0.29) is 6.10 Å². The number of aliphatic hydroxyl groups is 1. The van der Waals surface area contributed by atoms with Gasteiger partial charge in [-0.2, -0.15) is 0 Å². The molecular weight excluding hydrogens is 196 g/mol. The van der Waals surface area contributed by atoms with E-state index in [1.54, 1.807) is 0 Å². The first-order valence-corrected chi connectivity index (χ1v) is 6.64. The van der Waals surface area contributed by atoms with Crippen LogP contribution in [0.3, 0.4) is 0 Å². The number of rotatable bonds is 2. The molecule has 1 N–H and O–H groups in total. The lowest BCUT2D eigenvalue weighted by molar-refractivity contribution is 0.0620. The summed E-state index contributed by atoms with van der Waals surface area (Å²) in [5.41, 5.74) is 4.16. The first-order valence-electron chi connectivity index (χ1n) is 6.64. The van der Waals surface area contributed by atoms with Crippen molar-refractivity contribution >= 4 is 0 Å². The van der Waals surface area contributed by atoms with Gasteiger partial charge in [0.05, 0.1) is 6.10 Å². The van der Waals surface area contributed by atoms with Crippen LogP contribution in [0.25, 0.3) is 0 Å². The normalized spacial score (nSPS) is 22.3. The van der Waals surface area contributed by atoms with Crippen LogP contribution in [0.15, 0.2) is 18.2 Å². The van der Waals surface area contributed by atoms with Crippen LogP contribution >= 0.6 is 0 Å². The summed E-state index contributed by atoms with van der Waals surface area (Å²) in [5.74, 6) is 0.529. The van der Waals surface area contributed by atoms with E-state index in [0.29, 0.717) is 5.92 Å². The topological polar surface area (TPSA) is 20.2 Å². The highest BCUT2D eigenvalue weighted by Gasteiger charge is 2.27. The van der Waals surface area contributed by atoms with Gasteiger partial charge in [-0.3, -0.25) is 0 Å². The van der Waals surface area contributed by atoms with Gasteiger partial charge < -0.3 is 5.11 Å². The van der Waals surface area contributed by atoms with Gasteiger partial charge >= 0.3 is 0 Å². The molecule has 0 aromatic heterocycles. The van der Waals surface area contributed by atoms with Crippen LogP contribution in [-0.4, -0.2) is 5.11 Å². The van der Waals surface area contributed by atoms with Gasteiger partial charge in [-0.15, -0.1) is 0 Å².